The molecule has 0 saturated carbocycles. The Balaban J connectivity index is 1.53. The second-order valence-electron chi connectivity index (χ2n) is 8.30. The lowest BCUT2D eigenvalue weighted by Crippen LogP contribution is -2.45. The number of carbonyl (C=O) groups excluding carboxylic acids is 2. The van der Waals surface area contributed by atoms with Crippen molar-refractivity contribution in [2.24, 2.45) is 0 Å². The van der Waals surface area contributed by atoms with Crippen LogP contribution in [0.3, 0.4) is 0 Å². The van der Waals surface area contributed by atoms with E-state index in [2.05, 4.69) is 5.32 Å². The van der Waals surface area contributed by atoms with Crippen molar-refractivity contribution in [2.75, 3.05) is 25.0 Å². The first-order valence-electron chi connectivity index (χ1n) is 11.3. The second kappa shape index (κ2) is 10.3. The van der Waals surface area contributed by atoms with Crippen LogP contribution in [0.4, 0.5) is 5.69 Å². The quantitative estimate of drug-likeness (QED) is 0.628. The minimum Gasteiger partial charge on any atom is -0.341 e. The summed E-state index contributed by atoms with van der Waals surface area (Å²) in [5.74, 6) is -0.560. The first-order chi connectivity index (χ1) is 15.9. The van der Waals surface area contributed by atoms with Gasteiger partial charge in [0.05, 0.1) is 10.6 Å². The van der Waals surface area contributed by atoms with Crippen molar-refractivity contribution in [1.29, 1.82) is 0 Å². The topological polar surface area (TPSA) is 86.8 Å². The van der Waals surface area contributed by atoms with Crippen molar-refractivity contribution >= 4 is 39.3 Å². The van der Waals surface area contributed by atoms with Crippen LogP contribution in [0.5, 0.6) is 0 Å². The lowest BCUT2D eigenvalue weighted by molar-refractivity contribution is -0.133. The summed E-state index contributed by atoms with van der Waals surface area (Å²) in [6.07, 6.45) is 4.12. The highest BCUT2D eigenvalue weighted by Gasteiger charge is 2.36. The highest BCUT2D eigenvalue weighted by atomic mass is 32.2. The molecule has 2 aromatic carbocycles. The van der Waals surface area contributed by atoms with Gasteiger partial charge in [-0.25, -0.2) is 8.42 Å². The number of likely N-dealkylation sites (tertiary alicyclic amines) is 1. The number of nitrogens with zero attached hydrogens (tertiary/aromatic N) is 2. The number of hydrogen-bond donors (Lipinski definition) is 1. The fourth-order valence-corrected chi connectivity index (χ4v) is 6.69. The number of amides is 2. The molecule has 2 aliphatic rings. The zero-order chi connectivity index (χ0) is 23.4. The molecule has 2 aromatic rings. The van der Waals surface area contributed by atoms with Crippen LogP contribution in [0.1, 0.15) is 38.2 Å². The van der Waals surface area contributed by atoms with E-state index in [-0.39, 0.29) is 17.3 Å². The van der Waals surface area contributed by atoms with Gasteiger partial charge in [-0.05, 0) is 36.6 Å². The number of carbonyl (C=O) groups is 2. The van der Waals surface area contributed by atoms with E-state index in [1.807, 2.05) is 30.3 Å². The Hall–Kier alpha value is -2.36. The lowest BCUT2D eigenvalue weighted by Gasteiger charge is -2.29. The van der Waals surface area contributed by atoms with Gasteiger partial charge in [-0.2, -0.15) is 4.31 Å². The van der Waals surface area contributed by atoms with Crippen molar-refractivity contribution in [2.45, 2.75) is 54.2 Å². The summed E-state index contributed by atoms with van der Waals surface area (Å²) in [6.45, 7) is 3.75. The third-order valence-electron chi connectivity index (χ3n) is 6.03. The fraction of sp³-hybridized carbons (Fsp3) is 0.417. The predicted octanol–water partition coefficient (Wildman–Crippen LogP) is 3.71. The average Bonchev–Trinajstić information content (AvgIpc) is 3.11. The fourth-order valence-electron chi connectivity index (χ4n) is 4.17. The summed E-state index contributed by atoms with van der Waals surface area (Å²) >= 11 is 1.20. The first-order valence-corrected chi connectivity index (χ1v) is 13.7. The third-order valence-corrected chi connectivity index (χ3v) is 9.20. The Morgan fingerprint density at radius 1 is 1.09 bits per heavy atom. The van der Waals surface area contributed by atoms with Gasteiger partial charge >= 0.3 is 0 Å². The number of benzene rings is 2. The smallest absolute Gasteiger partial charge is 0.247 e. The Morgan fingerprint density at radius 3 is 2.45 bits per heavy atom. The van der Waals surface area contributed by atoms with Crippen LogP contribution in [-0.4, -0.2) is 54.3 Å². The number of thioether (sulfide) groups is 1. The van der Waals surface area contributed by atoms with Crippen molar-refractivity contribution in [1.82, 2.24) is 9.21 Å². The van der Waals surface area contributed by atoms with Crippen molar-refractivity contribution in [3.05, 3.63) is 54.1 Å². The maximum absolute atomic E-state index is 13.3. The zero-order valence-electron chi connectivity index (χ0n) is 18.7. The highest BCUT2D eigenvalue weighted by molar-refractivity contribution is 8.01. The van der Waals surface area contributed by atoms with Gasteiger partial charge in [-0.3, -0.25) is 9.59 Å². The third kappa shape index (κ3) is 5.26. The molecule has 2 heterocycles. The van der Waals surface area contributed by atoms with Crippen LogP contribution in [0.15, 0.2) is 58.3 Å². The summed E-state index contributed by atoms with van der Waals surface area (Å²) in [5, 5.41) is 1.93. The lowest BCUT2D eigenvalue weighted by atomic mass is 10.2. The van der Waals surface area contributed by atoms with Crippen molar-refractivity contribution in [3.63, 3.8) is 0 Å². The van der Waals surface area contributed by atoms with Crippen molar-refractivity contribution < 1.29 is 18.0 Å². The minimum absolute atomic E-state index is 0.122. The molecule has 2 aliphatic heterocycles. The number of sulfonamides is 1. The Morgan fingerprint density at radius 2 is 1.79 bits per heavy atom. The zero-order valence-corrected chi connectivity index (χ0v) is 20.3. The van der Waals surface area contributed by atoms with E-state index < -0.39 is 21.2 Å². The number of nitrogens with one attached hydrogen (secondary N) is 1. The molecule has 1 N–H and O–H groups in total. The van der Waals surface area contributed by atoms with Gasteiger partial charge < -0.3 is 10.2 Å². The van der Waals surface area contributed by atoms with Crippen LogP contribution in [0.2, 0.25) is 0 Å². The van der Waals surface area contributed by atoms with Crippen molar-refractivity contribution in [3.8, 4) is 0 Å². The van der Waals surface area contributed by atoms with Crippen LogP contribution >= 0.6 is 11.8 Å². The highest BCUT2D eigenvalue weighted by Crippen LogP contribution is 2.38. The SMILES string of the molecule is CCN(Cc1ccccc1)S(=O)(=O)c1ccc2c(c1)NC(=O)[C@H](C(=O)N1CCCCCC1)S2. The molecule has 1 fully saturated rings. The van der Waals surface area contributed by atoms with Crippen LogP contribution in [-0.2, 0) is 26.2 Å². The molecular formula is C24H29N3O4S2. The maximum Gasteiger partial charge on any atom is 0.247 e. The first kappa shape index (κ1) is 23.8. The van der Waals surface area contributed by atoms with Gasteiger partial charge in [0, 0.05) is 31.1 Å². The Kier molecular flexibility index (Phi) is 7.41. The molecule has 33 heavy (non-hydrogen) atoms. The summed E-state index contributed by atoms with van der Waals surface area (Å²) in [7, 11) is -3.75. The van der Waals surface area contributed by atoms with Gasteiger partial charge in [-0.1, -0.05) is 50.1 Å². The molecule has 9 heteroatoms. The van der Waals surface area contributed by atoms with E-state index in [0.29, 0.717) is 30.2 Å². The number of anilines is 1. The van der Waals surface area contributed by atoms with Crippen LogP contribution < -0.4 is 5.32 Å². The molecule has 1 saturated heterocycles. The number of fused-ring (bicyclic) bond motifs is 1. The molecule has 0 aliphatic carbocycles. The van der Waals surface area contributed by atoms with E-state index in [9.17, 15) is 18.0 Å². The standard InChI is InChI=1S/C24H29N3O4S2/c1-2-27(17-18-10-6-5-7-11-18)33(30,31)19-12-13-21-20(16-19)25-23(28)22(32-21)24(29)26-14-8-3-4-9-15-26/h5-7,10-13,16,22H,2-4,8-9,14-15,17H2,1H3,(H,25,28)/t22-/m1/s1. The van der Waals surface area contributed by atoms with Gasteiger partial charge in [0.1, 0.15) is 0 Å². The van der Waals surface area contributed by atoms with Gasteiger partial charge in [0.15, 0.2) is 5.25 Å². The largest absolute Gasteiger partial charge is 0.341 e. The molecule has 0 aromatic heterocycles. The second-order valence-corrected chi connectivity index (χ2v) is 11.4. The minimum atomic E-state index is -3.75. The van der Waals surface area contributed by atoms with E-state index in [1.54, 1.807) is 24.0 Å². The molecule has 0 bridgehead atoms. The molecule has 1 atom stereocenters. The molecule has 0 unspecified atom stereocenters. The molecule has 0 spiro atoms. The summed E-state index contributed by atoms with van der Waals surface area (Å²) in [6, 6.07) is 14.2. The van der Waals surface area contributed by atoms with E-state index >= 15 is 0 Å². The van der Waals surface area contributed by atoms with E-state index in [0.717, 1.165) is 31.2 Å². The molecule has 0 radical (unpaired) electrons. The monoisotopic (exact) mass is 487 g/mol. The van der Waals surface area contributed by atoms with Crippen LogP contribution in [0, 0.1) is 0 Å². The van der Waals surface area contributed by atoms with Gasteiger partial charge in [0.25, 0.3) is 0 Å². The maximum atomic E-state index is 13.3. The Labute approximate surface area is 199 Å². The van der Waals surface area contributed by atoms with Crippen LogP contribution in [0.25, 0.3) is 0 Å². The molecule has 2 amide bonds. The van der Waals surface area contributed by atoms with E-state index in [4.69, 9.17) is 0 Å². The normalized spacial score (nSPS) is 19.0. The molecular weight excluding hydrogens is 458 g/mol. The average molecular weight is 488 g/mol. The van der Waals surface area contributed by atoms with Gasteiger partial charge in [-0.15, -0.1) is 11.8 Å². The summed E-state index contributed by atoms with van der Waals surface area (Å²) in [4.78, 5) is 28.4. The van der Waals surface area contributed by atoms with E-state index in [1.165, 1.54) is 22.1 Å². The molecule has 4 rings (SSSR count). The summed E-state index contributed by atoms with van der Waals surface area (Å²) < 4.78 is 28.0. The number of rotatable bonds is 6. The summed E-state index contributed by atoms with van der Waals surface area (Å²) in [5.41, 5.74) is 1.33. The predicted molar refractivity (Wildman–Crippen MR) is 129 cm³/mol. The number of hydrogen-bond acceptors (Lipinski definition) is 5. The van der Waals surface area contributed by atoms with Gasteiger partial charge in [0.2, 0.25) is 21.8 Å². The molecule has 176 valence electrons. The molecule has 7 nitrogen and oxygen atoms in total. The Bertz CT molecular complexity index is 1110.